The lowest BCUT2D eigenvalue weighted by molar-refractivity contribution is -0.384. The molecule has 0 saturated heterocycles. The number of nitro benzene ring substituents is 1. The second kappa shape index (κ2) is 8.18. The lowest BCUT2D eigenvalue weighted by Crippen LogP contribution is -2.11. The normalized spacial score (nSPS) is 11.5. The summed E-state index contributed by atoms with van der Waals surface area (Å²) in [7, 11) is 0. The SMILES string of the molecule is N#CC(=Cc1ccc(-c2ccc([N+](=O)[O-])cc2Cl)o1)c1nc2ccc(Br)cc2c(=O)[nH]1. The fourth-order valence-electron chi connectivity index (χ4n) is 2.93. The van der Waals surface area contributed by atoms with Crippen LogP contribution in [0.15, 0.2) is 62.2 Å². The number of furan rings is 1. The molecule has 4 rings (SSSR count). The number of allylic oxidation sites excluding steroid dienone is 1. The third-order valence-electron chi connectivity index (χ3n) is 4.39. The molecule has 10 heteroatoms. The van der Waals surface area contributed by atoms with Gasteiger partial charge in [0.15, 0.2) is 5.82 Å². The third-order valence-corrected chi connectivity index (χ3v) is 5.19. The Kier molecular flexibility index (Phi) is 5.42. The van der Waals surface area contributed by atoms with Gasteiger partial charge in [-0.3, -0.25) is 14.9 Å². The Morgan fingerprint density at radius 2 is 2.06 bits per heavy atom. The van der Waals surface area contributed by atoms with Crippen LogP contribution in [0, 0.1) is 21.4 Å². The number of nitrogens with one attached hydrogen (secondary N) is 1. The minimum atomic E-state index is -0.540. The predicted molar refractivity (Wildman–Crippen MR) is 119 cm³/mol. The van der Waals surface area contributed by atoms with Gasteiger partial charge in [0.1, 0.15) is 17.6 Å². The highest BCUT2D eigenvalue weighted by molar-refractivity contribution is 9.10. The van der Waals surface area contributed by atoms with Crippen LogP contribution in [0.25, 0.3) is 33.9 Å². The van der Waals surface area contributed by atoms with Gasteiger partial charge in [-0.25, -0.2) is 4.98 Å². The first-order chi connectivity index (χ1) is 14.9. The molecule has 152 valence electrons. The molecule has 0 bridgehead atoms. The maximum absolute atomic E-state index is 12.4. The van der Waals surface area contributed by atoms with E-state index < -0.39 is 4.92 Å². The summed E-state index contributed by atoms with van der Waals surface area (Å²) in [5.41, 5.74) is 0.498. The second-order valence-corrected chi connectivity index (χ2v) is 7.69. The van der Waals surface area contributed by atoms with Crippen LogP contribution in [0.1, 0.15) is 11.6 Å². The molecule has 0 spiro atoms. The molecule has 0 saturated carbocycles. The number of non-ortho nitro benzene ring substituents is 1. The molecule has 2 aromatic carbocycles. The Morgan fingerprint density at radius 1 is 1.26 bits per heavy atom. The first-order valence-corrected chi connectivity index (χ1v) is 9.88. The molecule has 0 aliphatic carbocycles. The van der Waals surface area contributed by atoms with Crippen LogP contribution in [0.5, 0.6) is 0 Å². The van der Waals surface area contributed by atoms with E-state index in [1.165, 1.54) is 24.3 Å². The smallest absolute Gasteiger partial charge is 0.270 e. The molecule has 4 aromatic rings. The lowest BCUT2D eigenvalue weighted by atomic mass is 10.1. The Morgan fingerprint density at radius 3 is 2.77 bits per heavy atom. The van der Waals surface area contributed by atoms with Crippen molar-refractivity contribution in [3.63, 3.8) is 0 Å². The van der Waals surface area contributed by atoms with Crippen LogP contribution in [-0.2, 0) is 0 Å². The van der Waals surface area contributed by atoms with Gasteiger partial charge in [0.25, 0.3) is 11.2 Å². The summed E-state index contributed by atoms with van der Waals surface area (Å²) in [5.74, 6) is 0.793. The van der Waals surface area contributed by atoms with Gasteiger partial charge in [0.2, 0.25) is 0 Å². The van der Waals surface area contributed by atoms with Crippen molar-refractivity contribution in [1.82, 2.24) is 9.97 Å². The van der Waals surface area contributed by atoms with E-state index in [1.807, 2.05) is 6.07 Å². The molecule has 8 nitrogen and oxygen atoms in total. The van der Waals surface area contributed by atoms with Gasteiger partial charge in [0.05, 0.1) is 26.4 Å². The van der Waals surface area contributed by atoms with Gasteiger partial charge in [-0.1, -0.05) is 27.5 Å². The fraction of sp³-hybridized carbons (Fsp3) is 0. The number of nitrogens with zero attached hydrogens (tertiary/aromatic N) is 3. The fourth-order valence-corrected chi connectivity index (χ4v) is 3.56. The van der Waals surface area contributed by atoms with E-state index in [2.05, 4.69) is 25.9 Å². The van der Waals surface area contributed by atoms with E-state index in [-0.39, 0.29) is 27.7 Å². The Labute approximate surface area is 187 Å². The van der Waals surface area contributed by atoms with Gasteiger partial charge in [-0.15, -0.1) is 0 Å². The molecule has 0 aliphatic rings. The number of halogens is 2. The molecular formula is C21H10BrClN4O4. The van der Waals surface area contributed by atoms with Crippen molar-refractivity contribution in [3.8, 4) is 17.4 Å². The van der Waals surface area contributed by atoms with E-state index in [0.29, 0.717) is 28.0 Å². The van der Waals surface area contributed by atoms with Crippen LogP contribution < -0.4 is 5.56 Å². The minimum Gasteiger partial charge on any atom is -0.457 e. The molecule has 0 fully saturated rings. The average molecular weight is 498 g/mol. The number of hydrogen-bond acceptors (Lipinski definition) is 6. The second-order valence-electron chi connectivity index (χ2n) is 6.37. The van der Waals surface area contributed by atoms with Crippen LogP contribution >= 0.6 is 27.5 Å². The predicted octanol–water partition coefficient (Wildman–Crippen LogP) is 5.57. The highest BCUT2D eigenvalue weighted by Gasteiger charge is 2.14. The van der Waals surface area contributed by atoms with Crippen molar-refractivity contribution in [2.45, 2.75) is 0 Å². The Hall–Kier alpha value is -3.74. The Bertz CT molecular complexity index is 1480. The number of H-pyrrole nitrogens is 1. The van der Waals surface area contributed by atoms with Gasteiger partial charge >= 0.3 is 0 Å². The van der Waals surface area contributed by atoms with E-state index in [4.69, 9.17) is 16.0 Å². The molecule has 0 aliphatic heterocycles. The number of aromatic nitrogens is 2. The molecule has 2 aromatic heterocycles. The van der Waals surface area contributed by atoms with Crippen molar-refractivity contribution in [3.05, 3.63) is 90.1 Å². The Balaban J connectivity index is 1.72. The van der Waals surface area contributed by atoms with Crippen molar-refractivity contribution in [1.29, 1.82) is 5.26 Å². The zero-order chi connectivity index (χ0) is 22.1. The summed E-state index contributed by atoms with van der Waals surface area (Å²) in [6.45, 7) is 0. The summed E-state index contributed by atoms with van der Waals surface area (Å²) in [5, 5.41) is 21.0. The first kappa shape index (κ1) is 20.5. The molecule has 31 heavy (non-hydrogen) atoms. The molecule has 0 unspecified atom stereocenters. The number of hydrogen-bond donors (Lipinski definition) is 1. The van der Waals surface area contributed by atoms with E-state index in [1.54, 1.807) is 30.3 Å². The number of aromatic amines is 1. The van der Waals surface area contributed by atoms with E-state index in [0.717, 1.165) is 4.47 Å². The highest BCUT2D eigenvalue weighted by atomic mass is 79.9. The van der Waals surface area contributed by atoms with Crippen molar-refractivity contribution in [2.75, 3.05) is 0 Å². The van der Waals surface area contributed by atoms with E-state index in [9.17, 15) is 20.2 Å². The topological polar surface area (TPSA) is 126 Å². The van der Waals surface area contributed by atoms with Gasteiger partial charge in [0, 0.05) is 28.2 Å². The van der Waals surface area contributed by atoms with Crippen LogP contribution in [0.2, 0.25) is 5.02 Å². The number of benzene rings is 2. The molecule has 0 amide bonds. The standard InChI is InChI=1S/C21H10BrClN4O4/c22-12-1-5-18-16(8-12)21(28)26-20(25-18)11(10-24)7-14-3-6-19(31-14)15-4-2-13(27(29)30)9-17(15)23/h1-9H,(H,25,26,28). The van der Waals surface area contributed by atoms with E-state index >= 15 is 0 Å². The maximum Gasteiger partial charge on any atom is 0.270 e. The van der Waals surface area contributed by atoms with Crippen LogP contribution in [0.4, 0.5) is 5.69 Å². The van der Waals surface area contributed by atoms with Gasteiger partial charge < -0.3 is 9.40 Å². The van der Waals surface area contributed by atoms with Crippen molar-refractivity contribution >= 4 is 55.8 Å². The zero-order valence-electron chi connectivity index (χ0n) is 15.4. The first-order valence-electron chi connectivity index (χ1n) is 8.71. The van der Waals surface area contributed by atoms with Crippen molar-refractivity contribution < 1.29 is 9.34 Å². The largest absolute Gasteiger partial charge is 0.457 e. The third kappa shape index (κ3) is 4.12. The van der Waals surface area contributed by atoms with Gasteiger partial charge in [-0.2, -0.15) is 5.26 Å². The number of rotatable bonds is 4. The van der Waals surface area contributed by atoms with Crippen molar-refractivity contribution in [2.24, 2.45) is 0 Å². The summed E-state index contributed by atoms with van der Waals surface area (Å²) in [6.07, 6.45) is 1.44. The average Bonchev–Trinajstić information content (AvgIpc) is 3.20. The molecule has 0 radical (unpaired) electrons. The summed E-state index contributed by atoms with van der Waals surface area (Å²) in [4.78, 5) is 29.7. The molecular weight excluding hydrogens is 488 g/mol. The summed E-state index contributed by atoms with van der Waals surface area (Å²) < 4.78 is 6.47. The monoisotopic (exact) mass is 496 g/mol. The molecule has 2 heterocycles. The summed E-state index contributed by atoms with van der Waals surface area (Å²) >= 11 is 9.45. The van der Waals surface area contributed by atoms with Gasteiger partial charge in [-0.05, 0) is 36.4 Å². The summed E-state index contributed by atoms with van der Waals surface area (Å²) in [6, 6.07) is 14.4. The molecule has 1 N–H and O–H groups in total. The number of nitro groups is 1. The lowest BCUT2D eigenvalue weighted by Gasteiger charge is -2.02. The highest BCUT2D eigenvalue weighted by Crippen LogP contribution is 2.33. The quantitative estimate of drug-likeness (QED) is 0.223. The maximum atomic E-state index is 12.4. The number of nitriles is 1. The zero-order valence-corrected chi connectivity index (χ0v) is 17.8. The number of fused-ring (bicyclic) bond motifs is 1. The molecule has 0 atom stereocenters. The van der Waals surface area contributed by atoms with Crippen LogP contribution in [0.3, 0.4) is 0 Å². The van der Waals surface area contributed by atoms with Crippen LogP contribution in [-0.4, -0.2) is 14.9 Å². The minimum absolute atomic E-state index is 0.0950.